The van der Waals surface area contributed by atoms with Crippen molar-refractivity contribution in [1.29, 1.82) is 0 Å². The predicted octanol–water partition coefficient (Wildman–Crippen LogP) is 2.79. The Morgan fingerprint density at radius 1 is 1.07 bits per heavy atom. The molecule has 0 heterocycles. The first-order valence-electron chi connectivity index (χ1n) is 9.79. The fraction of sp³-hybridized carbons (Fsp3) is 0.619. The Kier molecular flexibility index (Phi) is 8.43. The molecule has 1 fully saturated rings. The number of rotatable bonds is 9. The van der Waals surface area contributed by atoms with Crippen LogP contribution >= 0.6 is 0 Å². The van der Waals surface area contributed by atoms with E-state index >= 15 is 0 Å². The van der Waals surface area contributed by atoms with Gasteiger partial charge >= 0.3 is 0 Å². The van der Waals surface area contributed by atoms with Crippen molar-refractivity contribution in [3.63, 3.8) is 0 Å². The van der Waals surface area contributed by atoms with E-state index in [1.807, 2.05) is 18.2 Å². The van der Waals surface area contributed by atoms with E-state index in [0.717, 1.165) is 37.7 Å². The molecule has 1 saturated carbocycles. The molecule has 0 atom stereocenters. The molecule has 0 spiro atoms. The monoisotopic (exact) mass is 376 g/mol. The summed E-state index contributed by atoms with van der Waals surface area (Å²) in [5, 5.41) is 3.00. The number of hydrogen-bond acceptors (Lipinski definition) is 4. The van der Waals surface area contributed by atoms with Crippen molar-refractivity contribution in [1.82, 2.24) is 10.2 Å². The Labute approximate surface area is 162 Å². The van der Waals surface area contributed by atoms with Crippen molar-refractivity contribution in [3.05, 3.63) is 23.8 Å². The van der Waals surface area contributed by atoms with Gasteiger partial charge in [-0.3, -0.25) is 9.59 Å². The zero-order chi connectivity index (χ0) is 19.6. The van der Waals surface area contributed by atoms with Gasteiger partial charge in [0.15, 0.2) is 11.5 Å². The predicted molar refractivity (Wildman–Crippen MR) is 105 cm³/mol. The highest BCUT2D eigenvalue weighted by molar-refractivity contribution is 5.78. The average Bonchev–Trinajstić information content (AvgIpc) is 2.70. The minimum absolute atomic E-state index is 0.0161. The molecule has 2 rings (SSSR count). The Bertz CT molecular complexity index is 627. The Balaban J connectivity index is 1.81. The van der Waals surface area contributed by atoms with Gasteiger partial charge in [0.2, 0.25) is 11.8 Å². The lowest BCUT2D eigenvalue weighted by Crippen LogP contribution is -2.40. The van der Waals surface area contributed by atoms with E-state index in [1.165, 1.54) is 6.42 Å². The third-order valence-corrected chi connectivity index (χ3v) is 5.22. The molecule has 0 saturated heterocycles. The van der Waals surface area contributed by atoms with Crippen molar-refractivity contribution in [2.24, 2.45) is 5.92 Å². The number of nitrogens with one attached hydrogen (secondary N) is 1. The SMILES string of the molecule is COc1ccc(CCN(CCNC(=O)C2CCCCC2)C(C)=O)cc1OC. The van der Waals surface area contributed by atoms with Crippen LogP contribution in [0.1, 0.15) is 44.6 Å². The van der Waals surface area contributed by atoms with Crippen LogP contribution < -0.4 is 14.8 Å². The van der Waals surface area contributed by atoms with Crippen LogP contribution in [0.4, 0.5) is 0 Å². The van der Waals surface area contributed by atoms with Gasteiger partial charge in [0.1, 0.15) is 0 Å². The van der Waals surface area contributed by atoms with Gasteiger partial charge in [-0.15, -0.1) is 0 Å². The van der Waals surface area contributed by atoms with Gasteiger partial charge in [-0.1, -0.05) is 25.3 Å². The second-order valence-corrected chi connectivity index (χ2v) is 7.07. The van der Waals surface area contributed by atoms with Crippen LogP contribution in [-0.4, -0.2) is 50.6 Å². The maximum absolute atomic E-state index is 12.2. The van der Waals surface area contributed by atoms with Gasteiger partial charge < -0.3 is 19.7 Å². The first-order valence-corrected chi connectivity index (χ1v) is 9.79. The van der Waals surface area contributed by atoms with E-state index in [-0.39, 0.29) is 17.7 Å². The number of ether oxygens (including phenoxy) is 2. The number of hydrogen-bond donors (Lipinski definition) is 1. The maximum Gasteiger partial charge on any atom is 0.223 e. The second kappa shape index (κ2) is 10.8. The summed E-state index contributed by atoms with van der Waals surface area (Å²) >= 11 is 0. The van der Waals surface area contributed by atoms with Crippen molar-refractivity contribution in [2.45, 2.75) is 45.4 Å². The van der Waals surface area contributed by atoms with Crippen LogP contribution in [0, 0.1) is 5.92 Å². The Morgan fingerprint density at radius 3 is 2.41 bits per heavy atom. The van der Waals surface area contributed by atoms with Gasteiger partial charge in [-0.2, -0.15) is 0 Å². The lowest BCUT2D eigenvalue weighted by molar-refractivity contribution is -0.130. The summed E-state index contributed by atoms with van der Waals surface area (Å²) in [4.78, 5) is 25.9. The molecule has 1 aliphatic carbocycles. The summed E-state index contributed by atoms with van der Waals surface area (Å²) in [7, 11) is 3.22. The molecule has 150 valence electrons. The molecule has 0 aromatic heterocycles. The molecule has 2 amide bonds. The van der Waals surface area contributed by atoms with Gasteiger partial charge in [0.25, 0.3) is 0 Å². The normalized spacial score (nSPS) is 14.5. The van der Waals surface area contributed by atoms with Crippen molar-refractivity contribution in [2.75, 3.05) is 33.9 Å². The summed E-state index contributed by atoms with van der Waals surface area (Å²) in [6.07, 6.45) is 6.21. The van der Waals surface area contributed by atoms with E-state index in [9.17, 15) is 9.59 Å². The summed E-state index contributed by atoms with van der Waals surface area (Å²) < 4.78 is 10.6. The minimum Gasteiger partial charge on any atom is -0.493 e. The fourth-order valence-corrected chi connectivity index (χ4v) is 3.55. The van der Waals surface area contributed by atoms with Gasteiger partial charge in [-0.05, 0) is 37.0 Å². The molecule has 6 nitrogen and oxygen atoms in total. The average molecular weight is 376 g/mol. The lowest BCUT2D eigenvalue weighted by atomic mass is 9.89. The van der Waals surface area contributed by atoms with Gasteiger partial charge in [0.05, 0.1) is 14.2 Å². The van der Waals surface area contributed by atoms with Crippen LogP contribution in [0.25, 0.3) is 0 Å². The minimum atomic E-state index is 0.0161. The first kappa shape index (κ1) is 21.1. The quantitative estimate of drug-likeness (QED) is 0.720. The highest BCUT2D eigenvalue weighted by Crippen LogP contribution is 2.27. The molecule has 1 aliphatic rings. The molecule has 6 heteroatoms. The number of benzene rings is 1. The lowest BCUT2D eigenvalue weighted by Gasteiger charge is -2.24. The molecule has 1 aromatic carbocycles. The van der Waals surface area contributed by atoms with E-state index in [2.05, 4.69) is 5.32 Å². The highest BCUT2D eigenvalue weighted by atomic mass is 16.5. The molecular formula is C21H32N2O4. The van der Waals surface area contributed by atoms with Crippen molar-refractivity contribution >= 4 is 11.8 Å². The molecule has 0 aliphatic heterocycles. The van der Waals surface area contributed by atoms with Crippen LogP contribution in [0.15, 0.2) is 18.2 Å². The smallest absolute Gasteiger partial charge is 0.223 e. The van der Waals surface area contributed by atoms with Gasteiger partial charge in [-0.25, -0.2) is 0 Å². The van der Waals surface area contributed by atoms with Crippen molar-refractivity contribution in [3.8, 4) is 11.5 Å². The van der Waals surface area contributed by atoms with Crippen LogP contribution in [0.3, 0.4) is 0 Å². The molecule has 1 N–H and O–H groups in total. The largest absolute Gasteiger partial charge is 0.493 e. The number of carbonyl (C=O) groups is 2. The summed E-state index contributed by atoms with van der Waals surface area (Å²) in [6.45, 7) is 3.20. The third-order valence-electron chi connectivity index (χ3n) is 5.22. The van der Waals surface area contributed by atoms with E-state index < -0.39 is 0 Å². The summed E-state index contributed by atoms with van der Waals surface area (Å²) in [6, 6.07) is 5.78. The number of amides is 2. The number of nitrogens with zero attached hydrogens (tertiary/aromatic N) is 1. The molecule has 0 radical (unpaired) electrons. The highest BCUT2D eigenvalue weighted by Gasteiger charge is 2.20. The van der Waals surface area contributed by atoms with Crippen LogP contribution in [0.2, 0.25) is 0 Å². The number of carbonyl (C=O) groups excluding carboxylic acids is 2. The van der Waals surface area contributed by atoms with Crippen LogP contribution in [0.5, 0.6) is 11.5 Å². The van der Waals surface area contributed by atoms with Gasteiger partial charge in [0, 0.05) is 32.5 Å². The third kappa shape index (κ3) is 6.45. The Morgan fingerprint density at radius 2 is 1.78 bits per heavy atom. The van der Waals surface area contributed by atoms with Crippen LogP contribution in [-0.2, 0) is 16.0 Å². The maximum atomic E-state index is 12.2. The zero-order valence-electron chi connectivity index (χ0n) is 16.8. The van der Waals surface area contributed by atoms with E-state index in [1.54, 1.807) is 26.0 Å². The van der Waals surface area contributed by atoms with Crippen molar-refractivity contribution < 1.29 is 19.1 Å². The molecule has 0 bridgehead atoms. The summed E-state index contributed by atoms with van der Waals surface area (Å²) in [5.41, 5.74) is 1.07. The zero-order valence-corrected chi connectivity index (χ0v) is 16.8. The molecule has 1 aromatic rings. The second-order valence-electron chi connectivity index (χ2n) is 7.07. The van der Waals surface area contributed by atoms with E-state index in [0.29, 0.717) is 31.1 Å². The Hall–Kier alpha value is -2.24. The molecule has 0 unspecified atom stereocenters. The number of methoxy groups -OCH3 is 2. The fourth-order valence-electron chi connectivity index (χ4n) is 3.55. The topological polar surface area (TPSA) is 67.9 Å². The molecule has 27 heavy (non-hydrogen) atoms. The first-order chi connectivity index (χ1) is 13.0. The van der Waals surface area contributed by atoms with E-state index in [4.69, 9.17) is 9.47 Å². The standard InChI is InChI=1S/C21H32N2O4/c1-16(24)23(14-12-22-21(25)18-7-5-4-6-8-18)13-11-17-9-10-19(26-2)20(15-17)27-3/h9-10,15,18H,4-8,11-14H2,1-3H3,(H,22,25). The molecular weight excluding hydrogens is 344 g/mol. The summed E-state index contributed by atoms with van der Waals surface area (Å²) in [5.74, 6) is 1.68.